The molecule has 0 radical (unpaired) electrons. The molecule has 6 nitrogen and oxygen atoms in total. The first-order chi connectivity index (χ1) is 15.1. The second-order valence-corrected chi connectivity index (χ2v) is 7.87. The van der Waals surface area contributed by atoms with Crippen molar-refractivity contribution in [2.45, 2.75) is 32.6 Å². The number of carbonyl (C=O) groups is 1. The first-order valence-electron chi connectivity index (χ1n) is 10.3. The number of hydrogen-bond donors (Lipinski definition) is 1. The van der Waals surface area contributed by atoms with E-state index in [2.05, 4.69) is 21.5 Å². The number of carbonyl (C=O) groups excluding carboxylic acids is 1. The smallest absolute Gasteiger partial charge is 0.226 e. The second kappa shape index (κ2) is 11.4. The Morgan fingerprint density at radius 3 is 2.81 bits per heavy atom. The van der Waals surface area contributed by atoms with Crippen LogP contribution in [0.15, 0.2) is 48.5 Å². The van der Waals surface area contributed by atoms with Gasteiger partial charge in [0.15, 0.2) is 0 Å². The molecule has 1 heterocycles. The van der Waals surface area contributed by atoms with Gasteiger partial charge in [0.25, 0.3) is 0 Å². The fraction of sp³-hybridized carbons (Fsp3) is 0.348. The summed E-state index contributed by atoms with van der Waals surface area (Å²) in [6.07, 6.45) is 2.87. The lowest BCUT2D eigenvalue weighted by atomic mass is 10.1. The molecule has 0 aliphatic rings. The maximum Gasteiger partial charge on any atom is 0.226 e. The molecule has 2 aromatic carbocycles. The molecule has 3 aromatic rings. The van der Waals surface area contributed by atoms with Gasteiger partial charge >= 0.3 is 0 Å². The van der Waals surface area contributed by atoms with Gasteiger partial charge < -0.3 is 15.0 Å². The molecule has 0 atom stereocenters. The van der Waals surface area contributed by atoms with Crippen LogP contribution in [0.25, 0.3) is 0 Å². The molecule has 0 aliphatic heterocycles. The van der Waals surface area contributed by atoms with E-state index in [9.17, 15) is 9.18 Å². The Kier molecular flexibility index (Phi) is 8.35. The molecule has 0 saturated carbocycles. The summed E-state index contributed by atoms with van der Waals surface area (Å²) < 4.78 is 23.5. The maximum absolute atomic E-state index is 13.8. The number of halogens is 1. The van der Waals surface area contributed by atoms with Crippen LogP contribution in [0.1, 0.15) is 37.6 Å². The van der Waals surface area contributed by atoms with E-state index in [-0.39, 0.29) is 18.0 Å². The third-order valence-corrected chi connectivity index (χ3v) is 5.58. The molecule has 1 N–H and O–H groups in total. The quantitative estimate of drug-likeness (QED) is 0.457. The lowest BCUT2D eigenvalue weighted by molar-refractivity contribution is -0.116. The van der Waals surface area contributed by atoms with Crippen molar-refractivity contribution in [1.82, 2.24) is 9.36 Å². The molecule has 3 rings (SSSR count). The van der Waals surface area contributed by atoms with E-state index >= 15 is 0 Å². The Morgan fingerprint density at radius 1 is 1.19 bits per heavy atom. The highest BCUT2D eigenvalue weighted by molar-refractivity contribution is 7.09. The normalized spacial score (nSPS) is 10.7. The fourth-order valence-corrected chi connectivity index (χ4v) is 3.81. The van der Waals surface area contributed by atoms with E-state index in [4.69, 9.17) is 9.72 Å². The predicted octanol–water partition coefficient (Wildman–Crippen LogP) is 4.91. The number of amides is 1. The Morgan fingerprint density at radius 2 is 2.03 bits per heavy atom. The summed E-state index contributed by atoms with van der Waals surface area (Å²) in [5, 5.41) is 3.43. The van der Waals surface area contributed by atoms with Gasteiger partial charge in [0, 0.05) is 37.5 Å². The van der Waals surface area contributed by atoms with Crippen LogP contribution < -0.4 is 15.0 Å². The van der Waals surface area contributed by atoms with Crippen LogP contribution in [0.4, 0.5) is 15.2 Å². The standard InChI is InChI=1S/C23H27FN4O2S/c1-3-4-13-28(14-12-22(29)25-20-11-6-5-10-19(20)24)23-26-21(27-31-23)16-17-8-7-9-18(15-17)30-2/h5-11,15H,3-4,12-14,16H2,1-2H3,(H,25,29). The third-order valence-electron chi connectivity index (χ3n) is 4.76. The number of hydrogen-bond acceptors (Lipinski definition) is 6. The summed E-state index contributed by atoms with van der Waals surface area (Å²) in [6.45, 7) is 3.41. The zero-order valence-electron chi connectivity index (χ0n) is 17.8. The predicted molar refractivity (Wildman–Crippen MR) is 122 cm³/mol. The van der Waals surface area contributed by atoms with Gasteiger partial charge in [0.1, 0.15) is 17.4 Å². The van der Waals surface area contributed by atoms with Crippen LogP contribution in [-0.4, -0.2) is 35.5 Å². The number of nitrogens with one attached hydrogen (secondary N) is 1. The van der Waals surface area contributed by atoms with Gasteiger partial charge in [0.05, 0.1) is 12.8 Å². The molecule has 8 heteroatoms. The number of benzene rings is 2. The summed E-state index contributed by atoms with van der Waals surface area (Å²) in [4.78, 5) is 19.1. The number of para-hydroxylation sites is 1. The van der Waals surface area contributed by atoms with Crippen LogP contribution in [-0.2, 0) is 11.2 Å². The maximum atomic E-state index is 13.8. The molecule has 1 amide bonds. The van der Waals surface area contributed by atoms with E-state index in [0.29, 0.717) is 13.0 Å². The zero-order valence-corrected chi connectivity index (χ0v) is 18.6. The van der Waals surface area contributed by atoms with Gasteiger partial charge in [0.2, 0.25) is 11.0 Å². The van der Waals surface area contributed by atoms with Crippen molar-refractivity contribution >= 4 is 28.3 Å². The largest absolute Gasteiger partial charge is 0.497 e. The van der Waals surface area contributed by atoms with Crippen molar-refractivity contribution < 1.29 is 13.9 Å². The summed E-state index contributed by atoms with van der Waals surface area (Å²) >= 11 is 1.34. The first kappa shape index (κ1) is 22.7. The van der Waals surface area contributed by atoms with Crippen molar-refractivity contribution in [3.63, 3.8) is 0 Å². The summed E-state index contributed by atoms with van der Waals surface area (Å²) in [5.41, 5.74) is 1.28. The fourth-order valence-electron chi connectivity index (χ4n) is 3.07. The average Bonchev–Trinajstić information content (AvgIpc) is 3.23. The first-order valence-corrected chi connectivity index (χ1v) is 11.1. The van der Waals surface area contributed by atoms with Gasteiger partial charge in [-0.05, 0) is 36.2 Å². The van der Waals surface area contributed by atoms with E-state index in [1.54, 1.807) is 25.3 Å². The zero-order chi connectivity index (χ0) is 22.1. The lowest BCUT2D eigenvalue weighted by Gasteiger charge is -2.20. The minimum atomic E-state index is -0.440. The van der Waals surface area contributed by atoms with Gasteiger partial charge in [-0.2, -0.15) is 4.37 Å². The Hall–Kier alpha value is -3.00. The third kappa shape index (κ3) is 6.75. The second-order valence-electron chi connectivity index (χ2n) is 7.14. The Balaban J connectivity index is 1.62. The van der Waals surface area contributed by atoms with Crippen molar-refractivity contribution in [3.8, 4) is 5.75 Å². The molecule has 0 saturated heterocycles. The van der Waals surface area contributed by atoms with E-state index in [1.807, 2.05) is 24.3 Å². The number of anilines is 2. The summed E-state index contributed by atoms with van der Waals surface area (Å²) in [7, 11) is 1.65. The van der Waals surface area contributed by atoms with E-state index in [0.717, 1.165) is 41.7 Å². The topological polar surface area (TPSA) is 67.4 Å². The monoisotopic (exact) mass is 442 g/mol. The highest BCUT2D eigenvalue weighted by Crippen LogP contribution is 2.22. The minimum absolute atomic E-state index is 0.198. The van der Waals surface area contributed by atoms with Crippen LogP contribution in [0.3, 0.4) is 0 Å². The van der Waals surface area contributed by atoms with Crippen molar-refractivity contribution in [3.05, 3.63) is 65.7 Å². The van der Waals surface area contributed by atoms with Crippen molar-refractivity contribution in [2.75, 3.05) is 30.4 Å². The molecule has 1 aromatic heterocycles. The molecule has 0 spiro atoms. The molecule has 31 heavy (non-hydrogen) atoms. The molecule has 164 valence electrons. The summed E-state index contributed by atoms with van der Waals surface area (Å²) in [5.74, 6) is 0.877. The molecule has 0 fully saturated rings. The number of unbranched alkanes of at least 4 members (excludes halogenated alkanes) is 1. The van der Waals surface area contributed by atoms with Crippen LogP contribution in [0.2, 0.25) is 0 Å². The summed E-state index contributed by atoms with van der Waals surface area (Å²) in [6, 6.07) is 14.0. The highest BCUT2D eigenvalue weighted by Gasteiger charge is 2.15. The van der Waals surface area contributed by atoms with E-state index in [1.165, 1.54) is 17.6 Å². The van der Waals surface area contributed by atoms with Gasteiger partial charge in [-0.25, -0.2) is 9.37 Å². The van der Waals surface area contributed by atoms with Crippen LogP contribution in [0, 0.1) is 5.82 Å². The van der Waals surface area contributed by atoms with Crippen molar-refractivity contribution in [1.29, 1.82) is 0 Å². The van der Waals surface area contributed by atoms with E-state index < -0.39 is 5.82 Å². The lowest BCUT2D eigenvalue weighted by Crippen LogP contribution is -2.29. The number of rotatable bonds is 11. The number of methoxy groups -OCH3 is 1. The molecule has 0 aliphatic carbocycles. The molecule has 0 unspecified atom stereocenters. The highest BCUT2D eigenvalue weighted by atomic mass is 32.1. The van der Waals surface area contributed by atoms with Crippen molar-refractivity contribution in [2.24, 2.45) is 0 Å². The number of aromatic nitrogens is 2. The molecule has 0 bridgehead atoms. The number of ether oxygens (including phenoxy) is 1. The molecular weight excluding hydrogens is 415 g/mol. The SMILES string of the molecule is CCCCN(CCC(=O)Nc1ccccc1F)c1nc(Cc2cccc(OC)c2)ns1. The van der Waals surface area contributed by atoms with Crippen LogP contribution in [0.5, 0.6) is 5.75 Å². The van der Waals surface area contributed by atoms with Gasteiger partial charge in [-0.1, -0.05) is 37.6 Å². The van der Waals surface area contributed by atoms with Gasteiger partial charge in [-0.3, -0.25) is 4.79 Å². The Labute approximate surface area is 186 Å². The Bertz CT molecular complexity index is 995. The van der Waals surface area contributed by atoms with Gasteiger partial charge in [-0.15, -0.1) is 0 Å². The molecular formula is C23H27FN4O2S. The minimum Gasteiger partial charge on any atom is -0.497 e. The average molecular weight is 443 g/mol. The number of nitrogens with zero attached hydrogens (tertiary/aromatic N) is 3. The van der Waals surface area contributed by atoms with Crippen LogP contribution >= 0.6 is 11.5 Å².